The SMILES string of the molecule is Oc1ccc(CNc2ccc(Cl)cc2)cc1Cl. The normalized spacial score (nSPS) is 10.2. The summed E-state index contributed by atoms with van der Waals surface area (Å²) >= 11 is 11.6. The maximum Gasteiger partial charge on any atom is 0.134 e. The quantitative estimate of drug-likeness (QED) is 0.869. The summed E-state index contributed by atoms with van der Waals surface area (Å²) in [5.41, 5.74) is 1.99. The molecule has 0 heterocycles. The standard InChI is InChI=1S/C13H11Cl2NO/c14-10-2-4-11(5-3-10)16-8-9-1-6-13(17)12(15)7-9/h1-7,16-17H,8H2. The van der Waals surface area contributed by atoms with Crippen LogP contribution in [0.2, 0.25) is 10.0 Å². The van der Waals surface area contributed by atoms with Crippen LogP contribution in [0, 0.1) is 0 Å². The fourth-order valence-electron chi connectivity index (χ4n) is 1.43. The topological polar surface area (TPSA) is 32.3 Å². The van der Waals surface area contributed by atoms with Gasteiger partial charge in [-0.05, 0) is 42.0 Å². The second-order valence-electron chi connectivity index (χ2n) is 3.65. The molecule has 17 heavy (non-hydrogen) atoms. The maximum absolute atomic E-state index is 9.29. The Morgan fingerprint density at radius 2 is 1.71 bits per heavy atom. The zero-order valence-electron chi connectivity index (χ0n) is 8.95. The van der Waals surface area contributed by atoms with E-state index in [2.05, 4.69) is 5.32 Å². The van der Waals surface area contributed by atoms with Gasteiger partial charge in [0.1, 0.15) is 5.75 Å². The average molecular weight is 268 g/mol. The zero-order chi connectivity index (χ0) is 12.3. The number of anilines is 1. The molecule has 0 radical (unpaired) electrons. The molecule has 2 nitrogen and oxygen atoms in total. The minimum atomic E-state index is 0.0990. The Bertz CT molecular complexity index is 511. The Kier molecular flexibility index (Phi) is 3.77. The van der Waals surface area contributed by atoms with Gasteiger partial charge in [0.05, 0.1) is 5.02 Å². The minimum absolute atomic E-state index is 0.0990. The highest BCUT2D eigenvalue weighted by Gasteiger charge is 2.00. The number of nitrogens with one attached hydrogen (secondary N) is 1. The van der Waals surface area contributed by atoms with Crippen molar-refractivity contribution in [2.45, 2.75) is 6.54 Å². The molecule has 0 bridgehead atoms. The van der Waals surface area contributed by atoms with Gasteiger partial charge in [-0.25, -0.2) is 0 Å². The number of phenols is 1. The average Bonchev–Trinajstić information content (AvgIpc) is 2.33. The number of aromatic hydroxyl groups is 1. The molecule has 2 N–H and O–H groups in total. The Hall–Kier alpha value is -1.38. The van der Waals surface area contributed by atoms with Gasteiger partial charge in [-0.2, -0.15) is 0 Å². The first kappa shape index (κ1) is 12.1. The smallest absolute Gasteiger partial charge is 0.134 e. The van der Waals surface area contributed by atoms with E-state index in [-0.39, 0.29) is 5.75 Å². The maximum atomic E-state index is 9.29. The molecule has 0 saturated carbocycles. The molecule has 88 valence electrons. The molecular formula is C13H11Cl2NO. The van der Waals surface area contributed by atoms with Gasteiger partial charge in [-0.3, -0.25) is 0 Å². The van der Waals surface area contributed by atoms with E-state index in [1.54, 1.807) is 12.1 Å². The number of phenolic OH excluding ortho intramolecular Hbond substituents is 1. The van der Waals surface area contributed by atoms with E-state index >= 15 is 0 Å². The molecule has 0 aliphatic carbocycles. The molecule has 2 rings (SSSR count). The fraction of sp³-hybridized carbons (Fsp3) is 0.0769. The molecule has 0 amide bonds. The van der Waals surface area contributed by atoms with Crippen molar-refractivity contribution in [2.24, 2.45) is 0 Å². The summed E-state index contributed by atoms with van der Waals surface area (Å²) in [5, 5.41) is 13.6. The van der Waals surface area contributed by atoms with Gasteiger partial charge in [0.25, 0.3) is 0 Å². The van der Waals surface area contributed by atoms with Crippen molar-refractivity contribution >= 4 is 28.9 Å². The molecule has 0 spiro atoms. The summed E-state index contributed by atoms with van der Waals surface area (Å²) in [6, 6.07) is 12.6. The lowest BCUT2D eigenvalue weighted by molar-refractivity contribution is 0.475. The Balaban J connectivity index is 2.02. The van der Waals surface area contributed by atoms with Gasteiger partial charge in [-0.15, -0.1) is 0 Å². The van der Waals surface area contributed by atoms with E-state index in [1.807, 2.05) is 30.3 Å². The van der Waals surface area contributed by atoms with Gasteiger partial charge in [0.2, 0.25) is 0 Å². The third-order valence-electron chi connectivity index (χ3n) is 2.35. The van der Waals surface area contributed by atoms with E-state index in [0.29, 0.717) is 16.6 Å². The Labute approximate surface area is 110 Å². The van der Waals surface area contributed by atoms with Crippen molar-refractivity contribution in [3.63, 3.8) is 0 Å². The number of hydrogen-bond donors (Lipinski definition) is 2. The third-order valence-corrected chi connectivity index (χ3v) is 2.91. The molecule has 2 aromatic carbocycles. The molecule has 0 aliphatic heterocycles. The molecule has 0 unspecified atom stereocenters. The second-order valence-corrected chi connectivity index (χ2v) is 4.49. The number of hydrogen-bond acceptors (Lipinski definition) is 2. The molecule has 0 aliphatic rings. The van der Waals surface area contributed by atoms with Gasteiger partial charge in [-0.1, -0.05) is 29.3 Å². The number of rotatable bonds is 3. The lowest BCUT2D eigenvalue weighted by atomic mass is 10.2. The fourth-order valence-corrected chi connectivity index (χ4v) is 1.76. The highest BCUT2D eigenvalue weighted by atomic mass is 35.5. The van der Waals surface area contributed by atoms with Crippen LogP contribution in [0.5, 0.6) is 5.75 Å². The molecular weight excluding hydrogens is 257 g/mol. The summed E-state index contributed by atoms with van der Waals surface area (Å²) in [6.45, 7) is 0.641. The summed E-state index contributed by atoms with van der Waals surface area (Å²) in [4.78, 5) is 0. The van der Waals surface area contributed by atoms with E-state index in [0.717, 1.165) is 11.3 Å². The van der Waals surface area contributed by atoms with Gasteiger partial charge in [0, 0.05) is 17.3 Å². The summed E-state index contributed by atoms with van der Waals surface area (Å²) < 4.78 is 0. The molecule has 0 atom stereocenters. The first-order chi connectivity index (χ1) is 8.15. The molecule has 4 heteroatoms. The molecule has 0 aromatic heterocycles. The number of halogens is 2. The first-order valence-corrected chi connectivity index (χ1v) is 5.87. The van der Waals surface area contributed by atoms with E-state index in [9.17, 15) is 5.11 Å². The first-order valence-electron chi connectivity index (χ1n) is 5.12. The van der Waals surface area contributed by atoms with Crippen molar-refractivity contribution in [3.05, 3.63) is 58.1 Å². The van der Waals surface area contributed by atoms with Crippen LogP contribution in [-0.2, 0) is 6.54 Å². The van der Waals surface area contributed by atoms with Crippen LogP contribution in [0.3, 0.4) is 0 Å². The Morgan fingerprint density at radius 3 is 2.35 bits per heavy atom. The van der Waals surface area contributed by atoms with Crippen molar-refractivity contribution in [1.29, 1.82) is 0 Å². The van der Waals surface area contributed by atoms with Crippen molar-refractivity contribution < 1.29 is 5.11 Å². The van der Waals surface area contributed by atoms with Crippen LogP contribution in [-0.4, -0.2) is 5.11 Å². The van der Waals surface area contributed by atoms with Crippen LogP contribution in [0.1, 0.15) is 5.56 Å². The van der Waals surface area contributed by atoms with Crippen LogP contribution >= 0.6 is 23.2 Å². The lowest BCUT2D eigenvalue weighted by Gasteiger charge is -2.07. The minimum Gasteiger partial charge on any atom is -0.506 e. The summed E-state index contributed by atoms with van der Waals surface area (Å²) in [6.07, 6.45) is 0. The predicted molar refractivity (Wildman–Crippen MR) is 71.9 cm³/mol. The third kappa shape index (κ3) is 3.29. The van der Waals surface area contributed by atoms with Gasteiger partial charge >= 0.3 is 0 Å². The lowest BCUT2D eigenvalue weighted by Crippen LogP contribution is -1.98. The monoisotopic (exact) mass is 267 g/mol. The van der Waals surface area contributed by atoms with Crippen LogP contribution in [0.15, 0.2) is 42.5 Å². The van der Waals surface area contributed by atoms with E-state index < -0.39 is 0 Å². The van der Waals surface area contributed by atoms with E-state index in [4.69, 9.17) is 23.2 Å². The second kappa shape index (κ2) is 5.30. The van der Waals surface area contributed by atoms with Crippen LogP contribution in [0.4, 0.5) is 5.69 Å². The highest BCUT2D eigenvalue weighted by molar-refractivity contribution is 6.32. The number of benzene rings is 2. The molecule has 0 saturated heterocycles. The zero-order valence-corrected chi connectivity index (χ0v) is 10.5. The Morgan fingerprint density at radius 1 is 1.00 bits per heavy atom. The van der Waals surface area contributed by atoms with Crippen molar-refractivity contribution in [2.75, 3.05) is 5.32 Å². The molecule has 2 aromatic rings. The summed E-state index contributed by atoms with van der Waals surface area (Å²) in [7, 11) is 0. The van der Waals surface area contributed by atoms with Gasteiger partial charge < -0.3 is 10.4 Å². The van der Waals surface area contributed by atoms with Crippen LogP contribution < -0.4 is 5.32 Å². The van der Waals surface area contributed by atoms with Crippen LogP contribution in [0.25, 0.3) is 0 Å². The molecule has 0 fully saturated rings. The van der Waals surface area contributed by atoms with E-state index in [1.165, 1.54) is 0 Å². The van der Waals surface area contributed by atoms with Crippen molar-refractivity contribution in [1.82, 2.24) is 0 Å². The van der Waals surface area contributed by atoms with Crippen molar-refractivity contribution in [3.8, 4) is 5.75 Å². The predicted octanol–water partition coefficient (Wildman–Crippen LogP) is 4.31. The van der Waals surface area contributed by atoms with Gasteiger partial charge in [0.15, 0.2) is 0 Å². The largest absolute Gasteiger partial charge is 0.506 e. The summed E-state index contributed by atoms with van der Waals surface area (Å²) in [5.74, 6) is 0.0990. The highest BCUT2D eigenvalue weighted by Crippen LogP contribution is 2.24.